The van der Waals surface area contributed by atoms with Crippen LogP contribution in [0.25, 0.3) is 5.70 Å². The molecule has 0 aromatic heterocycles. The maximum Gasteiger partial charge on any atom is 0.234 e. The molecule has 1 aliphatic heterocycles. The Kier molecular flexibility index (Phi) is 12.5. The molecule has 0 spiro atoms. The number of aliphatic hydroxyl groups is 1. The molecule has 0 bridgehead atoms. The second kappa shape index (κ2) is 15.6. The first-order valence-electron chi connectivity index (χ1n) is 15.2. The van der Waals surface area contributed by atoms with Gasteiger partial charge in [0, 0.05) is 24.4 Å². The number of halogens is 1. The van der Waals surface area contributed by atoms with Crippen molar-refractivity contribution in [1.29, 1.82) is 0 Å². The molecular formula is C35H48ClN3O4. The van der Waals surface area contributed by atoms with Crippen LogP contribution in [0, 0.1) is 11.8 Å². The van der Waals surface area contributed by atoms with Crippen LogP contribution in [0.4, 0.5) is 0 Å². The van der Waals surface area contributed by atoms with Crippen molar-refractivity contribution in [2.24, 2.45) is 16.8 Å². The van der Waals surface area contributed by atoms with E-state index in [1.54, 1.807) is 32.0 Å². The highest BCUT2D eigenvalue weighted by Gasteiger charge is 2.28. The molecule has 8 heteroatoms. The van der Waals surface area contributed by atoms with Crippen molar-refractivity contribution in [3.05, 3.63) is 70.3 Å². The molecule has 0 radical (unpaired) electrons. The van der Waals surface area contributed by atoms with E-state index in [4.69, 9.17) is 21.3 Å². The molecule has 234 valence electrons. The molecule has 1 aliphatic rings. The van der Waals surface area contributed by atoms with E-state index in [1.807, 2.05) is 32.8 Å². The van der Waals surface area contributed by atoms with Crippen LogP contribution in [-0.2, 0) is 11.2 Å². The van der Waals surface area contributed by atoms with Gasteiger partial charge >= 0.3 is 0 Å². The zero-order valence-electron chi connectivity index (χ0n) is 26.7. The number of rotatable bonds is 15. The highest BCUT2D eigenvalue weighted by molar-refractivity contribution is 6.32. The summed E-state index contributed by atoms with van der Waals surface area (Å²) >= 11 is 6.35. The smallest absolute Gasteiger partial charge is 0.234 e. The number of amides is 1. The lowest BCUT2D eigenvalue weighted by atomic mass is 9.86. The molecular weight excluding hydrogens is 562 g/mol. The Labute approximate surface area is 262 Å². The average molecular weight is 610 g/mol. The van der Waals surface area contributed by atoms with Crippen LogP contribution in [-0.4, -0.2) is 66.3 Å². The molecule has 1 amide bonds. The minimum atomic E-state index is -0.956. The number of hydrogen-bond acceptors (Lipinski definition) is 6. The van der Waals surface area contributed by atoms with Gasteiger partial charge < -0.3 is 20.1 Å². The fraction of sp³-hybridized carbons (Fsp3) is 0.514. The van der Waals surface area contributed by atoms with E-state index in [2.05, 4.69) is 42.6 Å². The number of allylic oxidation sites excluding steroid dienone is 1. The van der Waals surface area contributed by atoms with Gasteiger partial charge in [0.2, 0.25) is 5.91 Å². The Balaban J connectivity index is 1.65. The summed E-state index contributed by atoms with van der Waals surface area (Å²) in [5.41, 5.74) is 3.49. The lowest BCUT2D eigenvalue weighted by Gasteiger charge is -2.28. The number of carbonyl (C=O) groups is 2. The molecule has 43 heavy (non-hydrogen) atoms. The van der Waals surface area contributed by atoms with E-state index < -0.39 is 5.60 Å². The zero-order valence-corrected chi connectivity index (χ0v) is 27.5. The number of aliphatic imine (C=N–C) groups is 1. The lowest BCUT2D eigenvalue weighted by molar-refractivity contribution is -0.121. The summed E-state index contributed by atoms with van der Waals surface area (Å²) in [6.07, 6.45) is 5.64. The molecule has 0 saturated heterocycles. The Morgan fingerprint density at radius 3 is 2.47 bits per heavy atom. The quantitative estimate of drug-likeness (QED) is 0.222. The molecule has 0 aliphatic carbocycles. The summed E-state index contributed by atoms with van der Waals surface area (Å²) in [5.74, 6) is 0.974. The minimum Gasteiger partial charge on any atom is -0.489 e. The van der Waals surface area contributed by atoms with Crippen molar-refractivity contribution in [1.82, 2.24) is 10.2 Å². The zero-order chi connectivity index (χ0) is 31.7. The number of ether oxygens (including phenoxy) is 1. The van der Waals surface area contributed by atoms with Crippen LogP contribution in [0.5, 0.6) is 5.75 Å². The third-order valence-corrected chi connectivity index (χ3v) is 7.75. The maximum absolute atomic E-state index is 12.9. The normalized spacial score (nSPS) is 16.1. The van der Waals surface area contributed by atoms with Gasteiger partial charge in [-0.15, -0.1) is 0 Å². The first-order chi connectivity index (χ1) is 20.2. The van der Waals surface area contributed by atoms with Gasteiger partial charge in [-0.25, -0.2) is 0 Å². The van der Waals surface area contributed by atoms with Crippen molar-refractivity contribution < 1.29 is 19.4 Å². The number of hydrogen-bond donors (Lipinski definition) is 2. The number of carbonyl (C=O) groups excluding carboxylic acids is 2. The largest absolute Gasteiger partial charge is 0.489 e. The molecule has 2 N–H and O–H groups in total. The van der Waals surface area contributed by atoms with Crippen LogP contribution in [0.1, 0.15) is 81.8 Å². The molecule has 1 unspecified atom stereocenters. The maximum atomic E-state index is 12.9. The van der Waals surface area contributed by atoms with E-state index in [0.29, 0.717) is 42.3 Å². The van der Waals surface area contributed by atoms with E-state index >= 15 is 0 Å². The van der Waals surface area contributed by atoms with Crippen LogP contribution in [0.3, 0.4) is 0 Å². The molecule has 0 fully saturated rings. The predicted octanol–water partition coefficient (Wildman–Crippen LogP) is 6.61. The van der Waals surface area contributed by atoms with E-state index in [9.17, 15) is 14.7 Å². The second-order valence-electron chi connectivity index (χ2n) is 12.7. The number of Topliss-reactive ketones (excluding diaryl/α,β-unsaturated/α-hetero) is 1. The van der Waals surface area contributed by atoms with Crippen LogP contribution in [0.15, 0.2) is 53.5 Å². The van der Waals surface area contributed by atoms with Gasteiger partial charge in [-0.05, 0) is 103 Å². The van der Waals surface area contributed by atoms with Crippen LogP contribution < -0.4 is 10.1 Å². The van der Waals surface area contributed by atoms with Crippen molar-refractivity contribution in [2.45, 2.75) is 78.4 Å². The number of nitrogens with one attached hydrogen (secondary N) is 1. The Bertz CT molecular complexity index is 1310. The molecule has 1 heterocycles. The Morgan fingerprint density at radius 2 is 1.86 bits per heavy atom. The summed E-state index contributed by atoms with van der Waals surface area (Å²) in [5, 5.41) is 14.1. The number of ketones is 1. The fourth-order valence-corrected chi connectivity index (χ4v) is 5.57. The van der Waals surface area contributed by atoms with Gasteiger partial charge in [0.05, 0.1) is 34.7 Å². The summed E-state index contributed by atoms with van der Waals surface area (Å²) in [7, 11) is 3.74. The number of likely N-dealkylation sites (N-methyl/N-ethyl adjacent to an activating group) is 1. The highest BCUT2D eigenvalue weighted by Crippen LogP contribution is 2.30. The topological polar surface area (TPSA) is 91.2 Å². The molecule has 7 nitrogen and oxygen atoms in total. The standard InChI is InChI=1S/C35H48ClN3O4/c1-23(2)43-32-18-16-28(20-29(32)36)31(40)10-8-9-26(21-37-33(41)22-39(6)7)19-25-12-14-27(15-13-25)30-17-11-24(3)34(38-30)35(4,5)42/h12-18,20,23-24,26,42H,8-11,19,21-22H2,1-7H3,(H,37,41)/t24?,26-/m0/s1. The first-order valence-corrected chi connectivity index (χ1v) is 15.6. The van der Waals surface area contributed by atoms with E-state index in [1.165, 1.54) is 0 Å². The van der Waals surface area contributed by atoms with Crippen molar-refractivity contribution in [2.75, 3.05) is 27.2 Å². The summed E-state index contributed by atoms with van der Waals surface area (Å²) in [4.78, 5) is 32.0. The lowest BCUT2D eigenvalue weighted by Crippen LogP contribution is -2.37. The van der Waals surface area contributed by atoms with Gasteiger partial charge in [0.25, 0.3) is 0 Å². The summed E-state index contributed by atoms with van der Waals surface area (Å²) in [6.45, 7) is 10.4. The third-order valence-electron chi connectivity index (χ3n) is 7.45. The van der Waals surface area contributed by atoms with E-state index in [0.717, 1.165) is 41.8 Å². The highest BCUT2D eigenvalue weighted by atomic mass is 35.5. The fourth-order valence-electron chi connectivity index (χ4n) is 5.35. The first kappa shape index (κ1) is 34.5. The van der Waals surface area contributed by atoms with Crippen LogP contribution in [0.2, 0.25) is 5.02 Å². The van der Waals surface area contributed by atoms with E-state index in [-0.39, 0.29) is 29.6 Å². The molecule has 2 atom stereocenters. The van der Waals surface area contributed by atoms with Crippen molar-refractivity contribution in [3.8, 4) is 5.75 Å². The average Bonchev–Trinajstić information content (AvgIpc) is 2.92. The number of benzene rings is 2. The molecule has 3 rings (SSSR count). The molecule has 0 saturated carbocycles. The van der Waals surface area contributed by atoms with Gasteiger partial charge in [0.15, 0.2) is 5.78 Å². The van der Waals surface area contributed by atoms with Crippen molar-refractivity contribution >= 4 is 34.7 Å². The van der Waals surface area contributed by atoms with Crippen LogP contribution >= 0.6 is 11.6 Å². The van der Waals surface area contributed by atoms with Gasteiger partial charge in [-0.2, -0.15) is 0 Å². The van der Waals surface area contributed by atoms with Gasteiger partial charge in [-0.1, -0.05) is 48.9 Å². The minimum absolute atomic E-state index is 0.00129. The van der Waals surface area contributed by atoms with Gasteiger partial charge in [-0.3, -0.25) is 14.6 Å². The summed E-state index contributed by atoms with van der Waals surface area (Å²) in [6, 6.07) is 13.6. The predicted molar refractivity (Wildman–Crippen MR) is 176 cm³/mol. The van der Waals surface area contributed by atoms with Crippen molar-refractivity contribution in [3.63, 3.8) is 0 Å². The number of nitrogens with zero attached hydrogens (tertiary/aromatic N) is 2. The second-order valence-corrected chi connectivity index (χ2v) is 13.1. The Morgan fingerprint density at radius 1 is 1.16 bits per heavy atom. The SMILES string of the molecule is CC(C)Oc1ccc(C(=O)CCC[C@H](CNC(=O)CN(C)C)Cc2ccc(C3=CCC(C)C(C(C)(C)O)=N3)cc2)cc1Cl. The monoisotopic (exact) mass is 609 g/mol. The van der Waals surface area contributed by atoms with Gasteiger partial charge in [0.1, 0.15) is 5.75 Å². The summed E-state index contributed by atoms with van der Waals surface area (Å²) < 4.78 is 5.68. The molecule has 2 aromatic rings. The molecule has 2 aromatic carbocycles. The third kappa shape index (κ3) is 10.9. The Hall–Kier alpha value is -3.00.